The Labute approximate surface area is 180 Å². The number of methoxy groups -OCH3 is 1. The number of rotatable bonds is 3. The number of furan rings is 1. The number of ketones is 2. The number of benzene rings is 2. The molecule has 0 saturated carbocycles. The van der Waals surface area contributed by atoms with Gasteiger partial charge < -0.3 is 13.9 Å². The summed E-state index contributed by atoms with van der Waals surface area (Å²) in [6, 6.07) is 13.8. The van der Waals surface area contributed by atoms with E-state index in [4.69, 9.17) is 13.9 Å². The largest absolute Gasteiger partial charge is 0.496 e. The van der Waals surface area contributed by atoms with E-state index < -0.39 is 5.41 Å². The van der Waals surface area contributed by atoms with Crippen LogP contribution in [0.1, 0.15) is 50.2 Å². The number of hydrogen-bond donors (Lipinski definition) is 0. The molecule has 0 radical (unpaired) electrons. The van der Waals surface area contributed by atoms with E-state index in [1.807, 2.05) is 30.3 Å². The van der Waals surface area contributed by atoms with E-state index in [-0.39, 0.29) is 17.7 Å². The Kier molecular flexibility index (Phi) is 4.33. The van der Waals surface area contributed by atoms with Crippen molar-refractivity contribution in [3.63, 3.8) is 0 Å². The maximum Gasteiger partial charge on any atom is 0.180 e. The van der Waals surface area contributed by atoms with Crippen LogP contribution >= 0.6 is 0 Å². The molecule has 0 fully saturated rings. The molecular formula is C26H24O5. The van der Waals surface area contributed by atoms with Crippen LogP contribution < -0.4 is 9.47 Å². The molecule has 5 heteroatoms. The van der Waals surface area contributed by atoms with Gasteiger partial charge in [-0.3, -0.25) is 9.59 Å². The molecule has 158 valence electrons. The Morgan fingerprint density at radius 2 is 1.81 bits per heavy atom. The molecular weight excluding hydrogens is 392 g/mol. The van der Waals surface area contributed by atoms with E-state index >= 15 is 0 Å². The van der Waals surface area contributed by atoms with Gasteiger partial charge in [0.25, 0.3) is 0 Å². The van der Waals surface area contributed by atoms with Crippen LogP contribution in [0.5, 0.6) is 11.5 Å². The summed E-state index contributed by atoms with van der Waals surface area (Å²) in [6.07, 6.45) is 1.58. The van der Waals surface area contributed by atoms with Gasteiger partial charge in [0.1, 0.15) is 28.9 Å². The molecule has 3 aromatic rings. The van der Waals surface area contributed by atoms with Gasteiger partial charge in [-0.1, -0.05) is 30.3 Å². The smallest absolute Gasteiger partial charge is 0.180 e. The molecule has 1 aliphatic carbocycles. The maximum absolute atomic E-state index is 13.0. The van der Waals surface area contributed by atoms with Crippen molar-refractivity contribution in [2.24, 2.45) is 5.41 Å². The zero-order valence-electron chi connectivity index (χ0n) is 18.1. The first-order chi connectivity index (χ1) is 14.8. The van der Waals surface area contributed by atoms with E-state index in [1.165, 1.54) is 0 Å². The second kappa shape index (κ2) is 6.84. The third kappa shape index (κ3) is 2.83. The molecule has 5 nitrogen and oxygen atoms in total. The molecule has 2 heterocycles. The van der Waals surface area contributed by atoms with Gasteiger partial charge in [0.2, 0.25) is 0 Å². The predicted octanol–water partition coefficient (Wildman–Crippen LogP) is 5.46. The minimum absolute atomic E-state index is 0.0723. The van der Waals surface area contributed by atoms with Crippen molar-refractivity contribution in [2.75, 3.05) is 7.11 Å². The summed E-state index contributed by atoms with van der Waals surface area (Å²) in [5, 5.41) is 0.789. The minimum Gasteiger partial charge on any atom is -0.496 e. The van der Waals surface area contributed by atoms with Gasteiger partial charge in [-0.05, 0) is 45.2 Å². The molecule has 0 N–H and O–H groups in total. The van der Waals surface area contributed by atoms with Crippen LogP contribution in [0.4, 0.5) is 0 Å². The minimum atomic E-state index is -1.07. The summed E-state index contributed by atoms with van der Waals surface area (Å²) in [7, 11) is 1.63. The van der Waals surface area contributed by atoms with Crippen LogP contribution in [0.3, 0.4) is 0 Å². The van der Waals surface area contributed by atoms with Crippen molar-refractivity contribution in [3.05, 3.63) is 64.9 Å². The van der Waals surface area contributed by atoms with E-state index in [9.17, 15) is 9.59 Å². The number of ether oxygens (including phenoxy) is 2. The number of allylic oxidation sites excluding steroid dienone is 2. The van der Waals surface area contributed by atoms with Crippen molar-refractivity contribution in [1.29, 1.82) is 0 Å². The van der Waals surface area contributed by atoms with Gasteiger partial charge in [-0.15, -0.1) is 0 Å². The lowest BCUT2D eigenvalue weighted by atomic mass is 9.86. The van der Waals surface area contributed by atoms with Crippen LogP contribution in [-0.4, -0.2) is 18.7 Å². The summed E-state index contributed by atoms with van der Waals surface area (Å²) in [5.41, 5.74) is 2.42. The third-order valence-corrected chi connectivity index (χ3v) is 6.47. The molecule has 1 aromatic heterocycles. The zero-order chi connectivity index (χ0) is 21.9. The Morgan fingerprint density at radius 3 is 2.45 bits per heavy atom. The first-order valence-corrected chi connectivity index (χ1v) is 10.5. The maximum atomic E-state index is 13.0. The summed E-state index contributed by atoms with van der Waals surface area (Å²) < 4.78 is 18.2. The highest BCUT2D eigenvalue weighted by atomic mass is 16.5. The quantitative estimate of drug-likeness (QED) is 0.531. The van der Waals surface area contributed by atoms with Gasteiger partial charge in [0, 0.05) is 17.2 Å². The van der Waals surface area contributed by atoms with Crippen LogP contribution in [0, 0.1) is 5.41 Å². The van der Waals surface area contributed by atoms with E-state index in [1.54, 1.807) is 27.9 Å². The monoisotopic (exact) mass is 416 g/mol. The number of hydrogen-bond acceptors (Lipinski definition) is 5. The first kappa shape index (κ1) is 19.6. The average molecular weight is 416 g/mol. The fraction of sp³-hybridized carbons (Fsp3) is 0.308. The molecule has 5 rings (SSSR count). The van der Waals surface area contributed by atoms with Crippen LogP contribution in [-0.2, 0) is 16.0 Å². The van der Waals surface area contributed by atoms with Crippen molar-refractivity contribution in [2.45, 2.75) is 39.7 Å². The Bertz CT molecular complexity index is 1260. The number of carbonyl (C=O) groups is 2. The van der Waals surface area contributed by atoms with Crippen molar-refractivity contribution < 1.29 is 23.5 Å². The van der Waals surface area contributed by atoms with Crippen molar-refractivity contribution in [3.8, 4) is 11.5 Å². The molecule has 1 aliphatic heterocycles. The molecule has 0 saturated heterocycles. The Balaban J connectivity index is 1.66. The second-order valence-corrected chi connectivity index (χ2v) is 8.75. The summed E-state index contributed by atoms with van der Waals surface area (Å²) in [6.45, 7) is 5.01. The molecule has 1 atom stereocenters. The van der Waals surface area contributed by atoms with E-state index in [2.05, 4.69) is 12.1 Å². The molecule has 2 aromatic carbocycles. The lowest BCUT2D eigenvalue weighted by molar-refractivity contribution is -0.131. The second-order valence-electron chi connectivity index (χ2n) is 8.75. The molecule has 0 bridgehead atoms. The number of Topliss-reactive ketones (excluding diaryl/α,β-unsaturated/α-hetero) is 2. The molecule has 0 spiro atoms. The van der Waals surface area contributed by atoms with Crippen molar-refractivity contribution in [1.82, 2.24) is 0 Å². The van der Waals surface area contributed by atoms with Gasteiger partial charge >= 0.3 is 0 Å². The fourth-order valence-corrected chi connectivity index (χ4v) is 4.69. The fourth-order valence-electron chi connectivity index (χ4n) is 4.69. The molecule has 0 amide bonds. The van der Waals surface area contributed by atoms with E-state index in [0.717, 1.165) is 35.1 Å². The molecule has 1 unspecified atom stereocenters. The van der Waals surface area contributed by atoms with Crippen LogP contribution in [0.2, 0.25) is 0 Å². The number of carbonyl (C=O) groups excluding carboxylic acids is 2. The predicted molar refractivity (Wildman–Crippen MR) is 117 cm³/mol. The lowest BCUT2D eigenvalue weighted by Crippen LogP contribution is -2.27. The lowest BCUT2D eigenvalue weighted by Gasteiger charge is -2.28. The highest BCUT2D eigenvalue weighted by Crippen LogP contribution is 2.48. The van der Waals surface area contributed by atoms with Crippen LogP contribution in [0.25, 0.3) is 16.5 Å². The topological polar surface area (TPSA) is 65.7 Å². The summed E-state index contributed by atoms with van der Waals surface area (Å²) in [4.78, 5) is 25.6. The molecule has 2 aliphatic rings. The summed E-state index contributed by atoms with van der Waals surface area (Å²) >= 11 is 0. The van der Waals surface area contributed by atoms with Gasteiger partial charge in [-0.2, -0.15) is 0 Å². The van der Waals surface area contributed by atoms with Crippen LogP contribution in [0.15, 0.2) is 52.5 Å². The first-order valence-electron chi connectivity index (χ1n) is 10.5. The average Bonchev–Trinajstić information content (AvgIpc) is 3.27. The zero-order valence-corrected chi connectivity index (χ0v) is 18.1. The van der Waals surface area contributed by atoms with E-state index in [0.29, 0.717) is 28.2 Å². The number of fused-ring (bicyclic) bond motifs is 3. The summed E-state index contributed by atoms with van der Waals surface area (Å²) in [5.74, 6) is 1.46. The van der Waals surface area contributed by atoms with Gasteiger partial charge in [-0.25, -0.2) is 0 Å². The standard InChI is InChI=1S/C26H24O5/c1-14-22(25(28)26(2,3)24(14)27)21-12-17-20(30-21)13-19(29-4)16-10-11-18(31-23(16)17)15-8-6-5-7-9-15/h5-9,12-13,18H,10-11H2,1-4H3. The SMILES string of the molecule is COc1cc2oc(C3=C(C)C(=O)C(C)(C)C3=O)cc2c2c1CCC(c1ccccc1)O2. The normalized spacial score (nSPS) is 20.2. The van der Waals surface area contributed by atoms with Gasteiger partial charge in [0.15, 0.2) is 11.6 Å². The highest BCUT2D eigenvalue weighted by molar-refractivity contribution is 6.41. The molecule has 31 heavy (non-hydrogen) atoms. The van der Waals surface area contributed by atoms with Gasteiger partial charge in [0.05, 0.1) is 23.5 Å². The third-order valence-electron chi connectivity index (χ3n) is 6.47. The Hall–Kier alpha value is -3.34. The highest BCUT2D eigenvalue weighted by Gasteiger charge is 2.47. The Morgan fingerprint density at radius 1 is 1.06 bits per heavy atom. The van der Waals surface area contributed by atoms with Crippen molar-refractivity contribution >= 4 is 28.1 Å².